The smallest absolute Gasteiger partial charge is 0.0561 e. The van der Waals surface area contributed by atoms with Gasteiger partial charge in [0.2, 0.25) is 0 Å². The molecule has 0 heterocycles. The summed E-state index contributed by atoms with van der Waals surface area (Å²) in [5.41, 5.74) is 7.14. The van der Waals surface area contributed by atoms with Crippen molar-refractivity contribution in [2.75, 3.05) is 0 Å². The van der Waals surface area contributed by atoms with Crippen LogP contribution in [0.2, 0.25) is 0 Å². The van der Waals surface area contributed by atoms with Gasteiger partial charge < -0.3 is 5.73 Å². The molecule has 1 aliphatic rings. The van der Waals surface area contributed by atoms with Crippen molar-refractivity contribution in [3.63, 3.8) is 0 Å². The minimum absolute atomic E-state index is 0.244. The van der Waals surface area contributed by atoms with Gasteiger partial charge in [0, 0.05) is 16.2 Å². The maximum Gasteiger partial charge on any atom is 0.0561 e. The van der Waals surface area contributed by atoms with Crippen LogP contribution >= 0.6 is 0 Å². The third kappa shape index (κ3) is 2.71. The van der Waals surface area contributed by atoms with Crippen molar-refractivity contribution in [1.29, 1.82) is 0 Å². The standard InChI is InChI=1S/C13H19NOS/c1-10-5-7-12(8-6-10)16(15)13-4-2-3-11(14)9-13/h5-8,11,13H,2-4,9,14H2,1H3. The van der Waals surface area contributed by atoms with E-state index in [1.165, 1.54) is 5.56 Å². The maximum atomic E-state index is 12.3. The zero-order valence-electron chi connectivity index (χ0n) is 9.69. The molecule has 0 aliphatic heterocycles. The van der Waals surface area contributed by atoms with Gasteiger partial charge in [0.15, 0.2) is 0 Å². The van der Waals surface area contributed by atoms with Crippen LogP contribution in [-0.4, -0.2) is 15.5 Å². The van der Waals surface area contributed by atoms with Gasteiger partial charge in [0.1, 0.15) is 0 Å². The van der Waals surface area contributed by atoms with Crippen LogP contribution < -0.4 is 5.73 Å². The molecule has 0 bridgehead atoms. The number of hydrogen-bond donors (Lipinski definition) is 1. The number of aryl methyl sites for hydroxylation is 1. The molecule has 1 aliphatic carbocycles. The van der Waals surface area contributed by atoms with Crippen LogP contribution in [-0.2, 0) is 10.8 Å². The predicted molar refractivity (Wildman–Crippen MR) is 67.8 cm³/mol. The number of rotatable bonds is 2. The van der Waals surface area contributed by atoms with E-state index in [1.807, 2.05) is 31.2 Å². The van der Waals surface area contributed by atoms with Gasteiger partial charge in [-0.1, -0.05) is 24.1 Å². The monoisotopic (exact) mass is 237 g/mol. The summed E-state index contributed by atoms with van der Waals surface area (Å²) in [6.45, 7) is 2.04. The van der Waals surface area contributed by atoms with E-state index in [0.717, 1.165) is 30.6 Å². The highest BCUT2D eigenvalue weighted by Crippen LogP contribution is 2.25. The van der Waals surface area contributed by atoms with Gasteiger partial charge >= 0.3 is 0 Å². The van der Waals surface area contributed by atoms with E-state index in [4.69, 9.17) is 5.73 Å². The molecule has 2 rings (SSSR count). The highest BCUT2D eigenvalue weighted by molar-refractivity contribution is 7.85. The zero-order valence-corrected chi connectivity index (χ0v) is 10.5. The zero-order chi connectivity index (χ0) is 11.5. The second-order valence-electron chi connectivity index (χ2n) is 4.66. The molecule has 88 valence electrons. The first-order valence-corrected chi connectivity index (χ1v) is 7.11. The SMILES string of the molecule is Cc1ccc(S(=O)C2CCCC(N)C2)cc1. The van der Waals surface area contributed by atoms with Crippen molar-refractivity contribution in [1.82, 2.24) is 0 Å². The first-order chi connectivity index (χ1) is 7.66. The topological polar surface area (TPSA) is 43.1 Å². The lowest BCUT2D eigenvalue weighted by Gasteiger charge is -2.25. The molecular weight excluding hydrogens is 218 g/mol. The lowest BCUT2D eigenvalue weighted by Crippen LogP contribution is -2.33. The van der Waals surface area contributed by atoms with Crippen molar-refractivity contribution in [3.8, 4) is 0 Å². The van der Waals surface area contributed by atoms with Crippen molar-refractivity contribution >= 4 is 10.8 Å². The average molecular weight is 237 g/mol. The Labute approximate surface area is 99.7 Å². The van der Waals surface area contributed by atoms with Crippen LogP contribution in [0.15, 0.2) is 29.2 Å². The molecule has 3 unspecified atom stereocenters. The van der Waals surface area contributed by atoms with E-state index in [-0.39, 0.29) is 11.3 Å². The molecule has 1 saturated carbocycles. The molecule has 2 nitrogen and oxygen atoms in total. The van der Waals surface area contributed by atoms with Crippen LogP contribution in [0.3, 0.4) is 0 Å². The minimum atomic E-state index is -0.879. The summed E-state index contributed by atoms with van der Waals surface area (Å²) in [6, 6.07) is 8.25. The van der Waals surface area contributed by atoms with Gasteiger partial charge in [-0.3, -0.25) is 4.21 Å². The molecule has 0 amide bonds. The fraction of sp³-hybridized carbons (Fsp3) is 0.538. The van der Waals surface area contributed by atoms with Gasteiger partial charge in [-0.15, -0.1) is 0 Å². The molecule has 3 atom stereocenters. The van der Waals surface area contributed by atoms with Gasteiger partial charge in [-0.2, -0.15) is 0 Å². The molecule has 1 aromatic rings. The van der Waals surface area contributed by atoms with E-state index < -0.39 is 10.8 Å². The summed E-state index contributed by atoms with van der Waals surface area (Å²) in [4.78, 5) is 0.949. The molecule has 1 fully saturated rings. The second kappa shape index (κ2) is 5.11. The quantitative estimate of drug-likeness (QED) is 0.858. The molecule has 0 saturated heterocycles. The van der Waals surface area contributed by atoms with Crippen molar-refractivity contribution in [2.45, 2.75) is 48.8 Å². The lowest BCUT2D eigenvalue weighted by atomic mass is 9.96. The summed E-state index contributed by atoms with van der Waals surface area (Å²) in [5.74, 6) is 0. The number of hydrogen-bond acceptors (Lipinski definition) is 2. The van der Waals surface area contributed by atoms with Gasteiger partial charge in [0.25, 0.3) is 0 Å². The Bertz CT molecular complexity index is 374. The van der Waals surface area contributed by atoms with Crippen molar-refractivity contribution in [3.05, 3.63) is 29.8 Å². The Balaban J connectivity index is 2.09. The van der Waals surface area contributed by atoms with E-state index in [9.17, 15) is 4.21 Å². The van der Waals surface area contributed by atoms with Crippen LogP contribution in [0.5, 0.6) is 0 Å². The first-order valence-electron chi connectivity index (χ1n) is 5.89. The Kier molecular flexibility index (Phi) is 3.77. The summed E-state index contributed by atoms with van der Waals surface area (Å²) in [6.07, 6.45) is 4.15. The van der Waals surface area contributed by atoms with Crippen LogP contribution in [0.1, 0.15) is 31.2 Å². The third-order valence-electron chi connectivity index (χ3n) is 3.22. The van der Waals surface area contributed by atoms with Gasteiger partial charge in [-0.05, 0) is 38.3 Å². The second-order valence-corrected chi connectivity index (χ2v) is 6.39. The molecule has 3 heteroatoms. The van der Waals surface area contributed by atoms with E-state index in [2.05, 4.69) is 0 Å². The molecule has 0 radical (unpaired) electrons. The highest BCUT2D eigenvalue weighted by atomic mass is 32.2. The fourth-order valence-corrected chi connectivity index (χ4v) is 3.83. The van der Waals surface area contributed by atoms with Crippen molar-refractivity contribution in [2.24, 2.45) is 5.73 Å². The lowest BCUT2D eigenvalue weighted by molar-refractivity contribution is 0.444. The first kappa shape index (κ1) is 11.8. The Morgan fingerprint density at radius 3 is 2.56 bits per heavy atom. The van der Waals surface area contributed by atoms with E-state index in [1.54, 1.807) is 0 Å². The fourth-order valence-electron chi connectivity index (χ4n) is 2.24. The van der Waals surface area contributed by atoms with Crippen LogP contribution in [0.25, 0.3) is 0 Å². The Morgan fingerprint density at radius 2 is 1.94 bits per heavy atom. The molecule has 0 aromatic heterocycles. The van der Waals surface area contributed by atoms with Crippen molar-refractivity contribution < 1.29 is 4.21 Å². The Morgan fingerprint density at radius 1 is 1.25 bits per heavy atom. The number of nitrogens with two attached hydrogens (primary N) is 1. The van der Waals surface area contributed by atoms with Gasteiger partial charge in [-0.25, -0.2) is 0 Å². The van der Waals surface area contributed by atoms with Gasteiger partial charge in [0.05, 0.1) is 10.8 Å². The summed E-state index contributed by atoms with van der Waals surface area (Å²) < 4.78 is 12.3. The predicted octanol–water partition coefficient (Wildman–Crippen LogP) is 2.37. The molecule has 0 spiro atoms. The largest absolute Gasteiger partial charge is 0.328 e. The van der Waals surface area contributed by atoms with E-state index >= 15 is 0 Å². The molecule has 1 aromatic carbocycles. The Hall–Kier alpha value is -0.670. The normalized spacial score (nSPS) is 27.6. The third-order valence-corrected chi connectivity index (χ3v) is 4.99. The summed E-state index contributed by atoms with van der Waals surface area (Å²) in [5, 5.41) is 0.256. The molecular formula is C13H19NOS. The van der Waals surface area contributed by atoms with Crippen LogP contribution in [0.4, 0.5) is 0 Å². The maximum absolute atomic E-state index is 12.3. The summed E-state index contributed by atoms with van der Waals surface area (Å²) >= 11 is 0. The highest BCUT2D eigenvalue weighted by Gasteiger charge is 2.24. The van der Waals surface area contributed by atoms with Crippen LogP contribution in [0, 0.1) is 6.92 Å². The van der Waals surface area contributed by atoms with E-state index in [0.29, 0.717) is 0 Å². The average Bonchev–Trinajstić information content (AvgIpc) is 2.29. The molecule has 2 N–H and O–H groups in total. The number of benzene rings is 1. The summed E-state index contributed by atoms with van der Waals surface area (Å²) in [7, 11) is -0.879. The minimum Gasteiger partial charge on any atom is -0.328 e. The molecule has 16 heavy (non-hydrogen) atoms.